The van der Waals surface area contributed by atoms with Crippen molar-refractivity contribution in [3.05, 3.63) is 28.8 Å². The molecule has 26 heavy (non-hydrogen) atoms. The Kier molecular flexibility index (Phi) is 3.57. The van der Waals surface area contributed by atoms with Gasteiger partial charge in [-0.15, -0.1) is 0 Å². The average Bonchev–Trinajstić information content (AvgIpc) is 3.14. The molecule has 4 atom stereocenters. The number of β-lactam (4-membered cyclic amide) rings is 1. The lowest BCUT2D eigenvalue weighted by atomic mass is 9.77. The zero-order chi connectivity index (χ0) is 18.9. The molecule has 1 amide bonds. The summed E-state index contributed by atoms with van der Waals surface area (Å²) >= 11 is 1.35. The Morgan fingerprint density at radius 1 is 1.50 bits per heavy atom. The van der Waals surface area contributed by atoms with Crippen molar-refractivity contribution in [3.63, 3.8) is 0 Å². The highest BCUT2D eigenvalue weighted by atomic mass is 32.1. The van der Waals surface area contributed by atoms with E-state index in [1.807, 2.05) is 6.92 Å². The summed E-state index contributed by atoms with van der Waals surface area (Å²) in [5.41, 5.74) is 0.380. The fourth-order valence-electron chi connectivity index (χ4n) is 4.19. The van der Waals surface area contributed by atoms with Gasteiger partial charge in [-0.3, -0.25) is 9.59 Å². The first-order valence-electron chi connectivity index (χ1n) is 8.20. The van der Waals surface area contributed by atoms with Gasteiger partial charge in [-0.25, -0.2) is 4.57 Å². The van der Waals surface area contributed by atoms with Crippen molar-refractivity contribution >= 4 is 39.9 Å². The topological polar surface area (TPSA) is 107 Å². The first kappa shape index (κ1) is 16.9. The predicted molar refractivity (Wildman–Crippen MR) is 88.7 cm³/mol. The summed E-state index contributed by atoms with van der Waals surface area (Å²) in [5.74, 6) is -2.26. The number of aliphatic hydroxyl groups is 1. The highest BCUT2D eigenvalue weighted by Crippen LogP contribution is 2.50. The summed E-state index contributed by atoms with van der Waals surface area (Å²) < 4.78 is 3.39. The van der Waals surface area contributed by atoms with Crippen molar-refractivity contribution in [2.75, 3.05) is 0 Å². The molecule has 8 nitrogen and oxygen atoms in total. The molecule has 1 fully saturated rings. The van der Waals surface area contributed by atoms with Crippen molar-refractivity contribution in [2.45, 2.75) is 26.0 Å². The second-order valence-corrected chi connectivity index (χ2v) is 7.89. The number of nitrogens with zero attached hydrogens (tertiary/aromatic N) is 3. The van der Waals surface area contributed by atoms with Crippen molar-refractivity contribution < 1.29 is 29.0 Å². The molecule has 0 spiro atoms. The van der Waals surface area contributed by atoms with Gasteiger partial charge in [0, 0.05) is 11.5 Å². The molecule has 9 heteroatoms. The Hall–Kier alpha value is -2.52. The third kappa shape index (κ3) is 1.98. The van der Waals surface area contributed by atoms with Gasteiger partial charge in [-0.1, -0.05) is 18.3 Å². The minimum atomic E-state index is -1.41. The van der Waals surface area contributed by atoms with E-state index in [1.54, 1.807) is 28.4 Å². The van der Waals surface area contributed by atoms with Crippen LogP contribution < -0.4 is 9.51 Å². The molecule has 0 aromatic carbocycles. The molecule has 2 aliphatic rings. The van der Waals surface area contributed by atoms with Gasteiger partial charge in [0.05, 0.1) is 41.7 Å². The minimum absolute atomic E-state index is 0.133. The Balaban J connectivity index is 1.87. The number of fused-ring (bicyclic) bond motifs is 2. The van der Waals surface area contributed by atoms with Crippen LogP contribution in [0.15, 0.2) is 18.1 Å². The zero-order valence-corrected chi connectivity index (χ0v) is 15.2. The molecule has 1 saturated heterocycles. The third-order valence-electron chi connectivity index (χ3n) is 5.35. The molecule has 0 aliphatic carbocycles. The van der Waals surface area contributed by atoms with Crippen LogP contribution >= 0.6 is 11.3 Å². The largest absolute Gasteiger partial charge is 0.543 e. The number of carbonyl (C=O) groups is 3. The lowest BCUT2D eigenvalue weighted by Crippen LogP contribution is -2.64. The van der Waals surface area contributed by atoms with Crippen molar-refractivity contribution in [1.29, 1.82) is 0 Å². The number of carboxylic acid groups (broad SMARTS) is 1. The molecule has 2 aromatic heterocycles. The Morgan fingerprint density at radius 3 is 2.77 bits per heavy atom. The van der Waals surface area contributed by atoms with Gasteiger partial charge in [0.25, 0.3) is 0 Å². The zero-order valence-electron chi connectivity index (χ0n) is 14.4. The Labute approximate surface area is 152 Å². The van der Waals surface area contributed by atoms with Crippen LogP contribution in [0.25, 0.3) is 10.4 Å². The van der Waals surface area contributed by atoms with Crippen LogP contribution in [0.2, 0.25) is 0 Å². The normalized spacial score (nSPS) is 26.2. The van der Waals surface area contributed by atoms with Crippen LogP contribution in [-0.2, 0) is 16.6 Å². The fraction of sp³-hybridized carbons (Fsp3) is 0.412. The van der Waals surface area contributed by atoms with Crippen molar-refractivity contribution in [1.82, 2.24) is 9.47 Å². The van der Waals surface area contributed by atoms with Gasteiger partial charge in [0.1, 0.15) is 12.4 Å². The van der Waals surface area contributed by atoms with Gasteiger partial charge >= 0.3 is 5.82 Å². The molecular weight excluding hydrogens is 358 g/mol. The van der Waals surface area contributed by atoms with Crippen LogP contribution in [0.3, 0.4) is 0 Å². The minimum Gasteiger partial charge on any atom is -0.543 e. The number of rotatable bonds is 4. The maximum absolute atomic E-state index is 12.4. The van der Waals surface area contributed by atoms with Crippen LogP contribution in [0.5, 0.6) is 0 Å². The van der Waals surface area contributed by atoms with E-state index in [4.69, 9.17) is 0 Å². The first-order valence-corrected chi connectivity index (χ1v) is 9.02. The number of imidazole rings is 1. The number of hydrogen-bond donors (Lipinski definition) is 1. The van der Waals surface area contributed by atoms with Gasteiger partial charge in [-0.2, -0.15) is 4.40 Å². The van der Waals surface area contributed by atoms with E-state index in [9.17, 15) is 24.6 Å². The Bertz CT molecular complexity index is 1000. The number of aliphatic hydroxyl groups excluding tert-OH is 1. The number of aryl methyl sites for hydroxylation is 1. The average molecular weight is 375 g/mol. The monoisotopic (exact) mass is 375 g/mol. The summed E-state index contributed by atoms with van der Waals surface area (Å²) in [7, 11) is 1.75. The number of carbonyl (C=O) groups excluding carboxylic acids is 3. The maximum Gasteiger partial charge on any atom is 0.327 e. The molecule has 0 radical (unpaired) electrons. The van der Waals surface area contributed by atoms with Gasteiger partial charge in [0.15, 0.2) is 0 Å². The number of hydrogen-bond acceptors (Lipinski definition) is 6. The quantitative estimate of drug-likeness (QED) is 0.417. The number of amides is 1. The van der Waals surface area contributed by atoms with Gasteiger partial charge in [-0.05, 0) is 6.92 Å². The molecule has 136 valence electrons. The van der Waals surface area contributed by atoms with Crippen LogP contribution in [0, 0.1) is 11.8 Å². The molecule has 0 bridgehead atoms. The molecule has 0 unspecified atom stereocenters. The number of aldehydes is 1. The fourth-order valence-corrected chi connectivity index (χ4v) is 5.42. The summed E-state index contributed by atoms with van der Waals surface area (Å²) in [6.45, 7) is 3.38. The van der Waals surface area contributed by atoms with Crippen molar-refractivity contribution in [3.8, 4) is 0 Å². The van der Waals surface area contributed by atoms with E-state index in [2.05, 4.69) is 0 Å². The molecular formula is C17H17N3O5S. The second-order valence-electron chi connectivity index (χ2n) is 6.82. The highest BCUT2D eigenvalue weighted by molar-refractivity contribution is 7.17. The lowest BCUT2D eigenvalue weighted by Gasteiger charge is -2.47. The first-order chi connectivity index (χ1) is 12.3. The Morgan fingerprint density at radius 2 is 2.19 bits per heavy atom. The van der Waals surface area contributed by atoms with Gasteiger partial charge < -0.3 is 19.9 Å². The van der Waals surface area contributed by atoms with E-state index >= 15 is 0 Å². The van der Waals surface area contributed by atoms with Gasteiger partial charge in [0.2, 0.25) is 17.0 Å². The van der Waals surface area contributed by atoms with E-state index in [0.717, 1.165) is 11.1 Å². The third-order valence-corrected chi connectivity index (χ3v) is 6.40. The summed E-state index contributed by atoms with van der Waals surface area (Å²) in [6, 6.07) is -0.395. The summed E-state index contributed by atoms with van der Waals surface area (Å²) in [5, 5.41) is 21.7. The number of aliphatic carboxylic acids is 1. The van der Waals surface area contributed by atoms with Crippen molar-refractivity contribution in [2.24, 2.45) is 18.9 Å². The van der Waals surface area contributed by atoms with E-state index in [0.29, 0.717) is 16.3 Å². The number of thiazole rings is 1. The second kappa shape index (κ2) is 5.49. The highest BCUT2D eigenvalue weighted by Gasteiger charge is 2.59. The van der Waals surface area contributed by atoms with Crippen LogP contribution in [0.1, 0.15) is 29.3 Å². The van der Waals surface area contributed by atoms with E-state index in [1.165, 1.54) is 23.2 Å². The summed E-state index contributed by atoms with van der Waals surface area (Å²) in [4.78, 5) is 38.2. The summed E-state index contributed by atoms with van der Waals surface area (Å²) in [6.07, 6.45) is 3.38. The molecule has 0 saturated carbocycles. The molecule has 4 rings (SSSR count). The standard InChI is InChI=1S/C17H17N3O5S/c1-7-12(9-4-19-10(6-21)18(3)5-11(19)26-9)15(17(24)25)20-14(7)13(8(2)22)16(20)23/h4-8,13-14,22H,1-3H3/t7-,8+,13+,14+/m0/s1. The molecule has 2 aliphatic heterocycles. The number of carboxylic acids is 1. The van der Waals surface area contributed by atoms with Crippen LogP contribution in [0.4, 0.5) is 0 Å². The SMILES string of the molecule is C[C@@H](O)[C@H]1C(=O)N2C(C(=O)[O-])=C(c3c[n+]4c(C=O)n(C)cc4s3)[C@H](C)[C@H]12. The lowest BCUT2D eigenvalue weighted by molar-refractivity contribution is -0.510. The molecule has 1 N–H and O–H groups in total. The number of aromatic nitrogens is 2. The van der Waals surface area contributed by atoms with E-state index in [-0.39, 0.29) is 11.6 Å². The van der Waals surface area contributed by atoms with E-state index < -0.39 is 29.9 Å². The smallest absolute Gasteiger partial charge is 0.327 e. The molecule has 2 aromatic rings. The maximum atomic E-state index is 12.4. The van der Waals surface area contributed by atoms with Crippen LogP contribution in [-0.4, -0.2) is 44.9 Å². The predicted octanol–water partition coefficient (Wildman–Crippen LogP) is -1.04. The molecule has 4 heterocycles.